The Kier molecular flexibility index (Phi) is 5.74. The highest BCUT2D eigenvalue weighted by Crippen LogP contribution is 2.48. The lowest BCUT2D eigenvalue weighted by molar-refractivity contribution is -0.132. The average molecular weight is 487 g/mol. The molecule has 0 spiro atoms. The monoisotopic (exact) mass is 486 g/mol. The van der Waals surface area contributed by atoms with Gasteiger partial charge in [0, 0.05) is 11.1 Å². The Morgan fingerprint density at radius 2 is 1.77 bits per heavy atom. The fourth-order valence-electron chi connectivity index (χ4n) is 4.33. The van der Waals surface area contributed by atoms with Gasteiger partial charge in [-0.1, -0.05) is 59.9 Å². The highest BCUT2D eigenvalue weighted by Gasteiger charge is 2.49. The minimum absolute atomic E-state index is 0.0387. The second kappa shape index (κ2) is 8.88. The number of ketones is 1. The highest BCUT2D eigenvalue weighted by atomic mass is 32.1. The van der Waals surface area contributed by atoms with Gasteiger partial charge in [0.15, 0.2) is 16.6 Å². The summed E-state index contributed by atoms with van der Waals surface area (Å²) in [6.07, 6.45) is 0. The molecule has 0 unspecified atom stereocenters. The first-order valence-electron chi connectivity index (χ1n) is 10.9. The molecule has 5 rings (SSSR count). The molecular formula is C27H22N2O5S. The maximum Gasteiger partial charge on any atom is 0.301 e. The molecule has 1 saturated heterocycles. The third kappa shape index (κ3) is 3.72. The molecule has 1 fully saturated rings. The van der Waals surface area contributed by atoms with E-state index in [4.69, 9.17) is 9.47 Å². The smallest absolute Gasteiger partial charge is 0.301 e. The van der Waals surface area contributed by atoms with Crippen LogP contribution in [0.15, 0.2) is 72.3 Å². The largest absolute Gasteiger partial charge is 0.507 e. The molecule has 3 aromatic carbocycles. The summed E-state index contributed by atoms with van der Waals surface area (Å²) in [5.41, 5.74) is 2.67. The predicted octanol–water partition coefficient (Wildman–Crippen LogP) is 5.25. The number of amides is 1. The molecule has 7 nitrogen and oxygen atoms in total. The number of benzene rings is 3. The Hall–Kier alpha value is -4.17. The van der Waals surface area contributed by atoms with Gasteiger partial charge in [0.05, 0.1) is 30.0 Å². The van der Waals surface area contributed by atoms with Gasteiger partial charge in [-0.2, -0.15) is 0 Å². The summed E-state index contributed by atoms with van der Waals surface area (Å²) in [7, 11) is 3.00. The number of aliphatic hydroxyl groups excluding tert-OH is 1. The zero-order chi connectivity index (χ0) is 24.7. The molecule has 1 aliphatic heterocycles. The van der Waals surface area contributed by atoms with E-state index in [9.17, 15) is 14.7 Å². The van der Waals surface area contributed by atoms with Crippen molar-refractivity contribution in [1.82, 2.24) is 4.98 Å². The molecule has 0 aliphatic carbocycles. The maximum absolute atomic E-state index is 13.5. The van der Waals surface area contributed by atoms with Crippen molar-refractivity contribution in [2.24, 2.45) is 0 Å². The molecule has 35 heavy (non-hydrogen) atoms. The molecule has 176 valence electrons. The van der Waals surface area contributed by atoms with Gasteiger partial charge in [-0.25, -0.2) is 4.98 Å². The lowest BCUT2D eigenvalue weighted by Crippen LogP contribution is -2.29. The van der Waals surface area contributed by atoms with Crippen LogP contribution in [0.3, 0.4) is 0 Å². The number of aromatic nitrogens is 1. The summed E-state index contributed by atoms with van der Waals surface area (Å²) in [5.74, 6) is -1.03. The molecule has 1 aromatic heterocycles. The Bertz CT molecular complexity index is 1490. The topological polar surface area (TPSA) is 89.0 Å². The third-order valence-electron chi connectivity index (χ3n) is 5.96. The van der Waals surface area contributed by atoms with Gasteiger partial charge >= 0.3 is 5.91 Å². The first-order chi connectivity index (χ1) is 16.9. The lowest BCUT2D eigenvalue weighted by Gasteiger charge is -2.25. The summed E-state index contributed by atoms with van der Waals surface area (Å²) in [6, 6.07) is 18.7. The van der Waals surface area contributed by atoms with Gasteiger partial charge < -0.3 is 14.6 Å². The average Bonchev–Trinajstić information content (AvgIpc) is 3.41. The number of methoxy groups -OCH3 is 2. The minimum atomic E-state index is -0.970. The molecule has 0 bridgehead atoms. The van der Waals surface area contributed by atoms with E-state index >= 15 is 0 Å². The highest BCUT2D eigenvalue weighted by molar-refractivity contribution is 7.22. The van der Waals surface area contributed by atoms with E-state index in [1.54, 1.807) is 48.5 Å². The van der Waals surface area contributed by atoms with Crippen LogP contribution in [-0.2, 0) is 9.59 Å². The molecule has 8 heteroatoms. The van der Waals surface area contributed by atoms with Crippen molar-refractivity contribution in [3.8, 4) is 11.5 Å². The summed E-state index contributed by atoms with van der Waals surface area (Å²) in [5, 5.41) is 11.6. The Labute approximate surface area is 205 Å². The van der Waals surface area contributed by atoms with E-state index in [-0.39, 0.29) is 11.3 Å². The number of Topliss-reactive ketones (excluding diaryl/α,β-unsaturated/α-hetero) is 1. The number of para-hydroxylation sites is 1. The van der Waals surface area contributed by atoms with Gasteiger partial charge in [-0.05, 0) is 30.7 Å². The second-order valence-corrected chi connectivity index (χ2v) is 9.09. The van der Waals surface area contributed by atoms with Crippen molar-refractivity contribution in [1.29, 1.82) is 0 Å². The standard InChI is InChI=1S/C27H22N2O5S/c1-15-12-13-18-20(14-15)35-27(28-18)29-22(17-10-7-11-19(33-2)25(17)34-3)21(24(31)26(29)32)23(30)16-8-5-4-6-9-16/h4-14,22,30H,1-3H3/b23-21+/t22-/m1/s1. The van der Waals surface area contributed by atoms with Crippen molar-refractivity contribution >= 4 is 44.1 Å². The zero-order valence-corrected chi connectivity index (χ0v) is 20.1. The quantitative estimate of drug-likeness (QED) is 0.236. The van der Waals surface area contributed by atoms with Crippen LogP contribution < -0.4 is 14.4 Å². The summed E-state index contributed by atoms with van der Waals surface area (Å²) >= 11 is 1.31. The van der Waals surface area contributed by atoms with E-state index in [0.29, 0.717) is 27.8 Å². The summed E-state index contributed by atoms with van der Waals surface area (Å²) < 4.78 is 12.0. The summed E-state index contributed by atoms with van der Waals surface area (Å²) in [6.45, 7) is 1.98. The summed E-state index contributed by atoms with van der Waals surface area (Å²) in [4.78, 5) is 32.9. The number of anilines is 1. The number of fused-ring (bicyclic) bond motifs is 1. The first kappa shape index (κ1) is 22.6. The van der Waals surface area contributed by atoms with Gasteiger partial charge in [-0.3, -0.25) is 14.5 Å². The van der Waals surface area contributed by atoms with Gasteiger partial charge in [0.2, 0.25) is 0 Å². The number of thiazole rings is 1. The number of ether oxygens (including phenoxy) is 2. The number of aliphatic hydroxyl groups is 1. The van der Waals surface area contributed by atoms with Gasteiger partial charge in [0.1, 0.15) is 11.8 Å². The predicted molar refractivity (Wildman–Crippen MR) is 135 cm³/mol. The lowest BCUT2D eigenvalue weighted by atomic mass is 9.94. The van der Waals surface area contributed by atoms with Gasteiger partial charge in [0.25, 0.3) is 5.78 Å². The number of carbonyl (C=O) groups is 2. The third-order valence-corrected chi connectivity index (χ3v) is 6.98. The van der Waals surface area contributed by atoms with Crippen LogP contribution in [0.2, 0.25) is 0 Å². The van der Waals surface area contributed by atoms with Crippen LogP contribution in [0.1, 0.15) is 22.7 Å². The zero-order valence-electron chi connectivity index (χ0n) is 19.3. The number of aryl methyl sites for hydroxylation is 1. The fourth-order valence-corrected chi connectivity index (χ4v) is 5.42. The van der Waals surface area contributed by atoms with Crippen molar-refractivity contribution in [3.05, 3.63) is 89.0 Å². The first-order valence-corrected chi connectivity index (χ1v) is 11.7. The second-order valence-electron chi connectivity index (χ2n) is 8.09. The van der Waals surface area contributed by atoms with E-state index < -0.39 is 17.7 Å². The van der Waals surface area contributed by atoms with Crippen LogP contribution in [0, 0.1) is 6.92 Å². The molecule has 1 amide bonds. The fraction of sp³-hybridized carbons (Fsp3) is 0.148. The van der Waals surface area contributed by atoms with Crippen LogP contribution in [-0.4, -0.2) is 36.0 Å². The number of carbonyl (C=O) groups excluding carboxylic acids is 2. The van der Waals surface area contributed by atoms with Crippen molar-refractivity contribution in [2.75, 3.05) is 19.1 Å². The molecule has 2 heterocycles. The Morgan fingerprint density at radius 3 is 2.49 bits per heavy atom. The SMILES string of the molecule is COc1cccc([C@@H]2/C(=C(\O)c3ccccc3)C(=O)C(=O)N2c2nc3ccc(C)cc3s2)c1OC. The van der Waals surface area contributed by atoms with Crippen LogP contribution in [0.4, 0.5) is 5.13 Å². The molecule has 1 aliphatic rings. The molecule has 1 atom stereocenters. The van der Waals surface area contributed by atoms with Crippen LogP contribution in [0.5, 0.6) is 11.5 Å². The number of hydrogen-bond acceptors (Lipinski definition) is 7. The molecule has 0 radical (unpaired) electrons. The molecule has 4 aromatic rings. The number of rotatable bonds is 5. The van der Waals surface area contributed by atoms with E-state index in [1.807, 2.05) is 25.1 Å². The number of nitrogens with zero attached hydrogens (tertiary/aromatic N) is 2. The number of hydrogen-bond donors (Lipinski definition) is 1. The van der Waals surface area contributed by atoms with E-state index in [0.717, 1.165) is 15.8 Å². The van der Waals surface area contributed by atoms with E-state index in [2.05, 4.69) is 4.98 Å². The van der Waals surface area contributed by atoms with E-state index in [1.165, 1.54) is 30.5 Å². The molecule has 0 saturated carbocycles. The van der Waals surface area contributed by atoms with Crippen LogP contribution in [0.25, 0.3) is 16.0 Å². The molecular weight excluding hydrogens is 464 g/mol. The molecule has 1 N–H and O–H groups in total. The van der Waals surface area contributed by atoms with Crippen molar-refractivity contribution in [2.45, 2.75) is 13.0 Å². The maximum atomic E-state index is 13.5. The normalized spacial score (nSPS) is 17.2. The van der Waals surface area contributed by atoms with Gasteiger partial charge in [-0.15, -0.1) is 0 Å². The van der Waals surface area contributed by atoms with Crippen LogP contribution >= 0.6 is 11.3 Å². The van der Waals surface area contributed by atoms with Crippen molar-refractivity contribution < 1.29 is 24.2 Å². The Balaban J connectivity index is 1.79. The van der Waals surface area contributed by atoms with Crippen molar-refractivity contribution in [3.63, 3.8) is 0 Å². The Morgan fingerprint density at radius 1 is 1.00 bits per heavy atom. The minimum Gasteiger partial charge on any atom is -0.507 e.